The minimum Gasteiger partial charge on any atom is -0.298 e. The number of allylic oxidation sites excluding steroid dienone is 1. The van der Waals surface area contributed by atoms with Gasteiger partial charge in [-0.25, -0.2) is 0 Å². The third-order valence-electron chi connectivity index (χ3n) is 2.58. The Morgan fingerprint density at radius 3 is 2.69 bits per heavy atom. The van der Waals surface area contributed by atoms with Gasteiger partial charge in [-0.3, -0.25) is 4.79 Å². The van der Waals surface area contributed by atoms with Crippen molar-refractivity contribution in [2.75, 3.05) is 0 Å². The molecule has 1 aromatic carbocycles. The third-order valence-corrected chi connectivity index (χ3v) is 2.58. The van der Waals surface area contributed by atoms with Gasteiger partial charge in [-0.1, -0.05) is 56.5 Å². The van der Waals surface area contributed by atoms with Crippen LogP contribution in [0.25, 0.3) is 6.08 Å². The molecular formula is C15H20O. The topological polar surface area (TPSA) is 17.1 Å². The molecule has 0 aliphatic rings. The van der Waals surface area contributed by atoms with E-state index in [1.165, 1.54) is 25.7 Å². The molecule has 0 saturated carbocycles. The Kier molecular flexibility index (Phi) is 6.24. The van der Waals surface area contributed by atoms with Gasteiger partial charge in [0.1, 0.15) is 6.29 Å². The molecule has 0 fully saturated rings. The fourth-order valence-electron chi connectivity index (χ4n) is 1.64. The molecule has 0 saturated heterocycles. The Morgan fingerprint density at radius 2 is 1.94 bits per heavy atom. The average Bonchev–Trinajstić information content (AvgIpc) is 2.34. The fourth-order valence-corrected chi connectivity index (χ4v) is 1.64. The molecule has 86 valence electrons. The quantitative estimate of drug-likeness (QED) is 0.485. The van der Waals surface area contributed by atoms with E-state index in [1.807, 2.05) is 24.3 Å². The first-order valence-electron chi connectivity index (χ1n) is 6.08. The van der Waals surface area contributed by atoms with Gasteiger partial charge in [0.05, 0.1) is 0 Å². The number of hydrogen-bond acceptors (Lipinski definition) is 1. The molecule has 0 aliphatic heterocycles. The molecular weight excluding hydrogens is 196 g/mol. The number of carbonyl (C=O) groups excluding carboxylic acids is 1. The molecule has 0 bridgehead atoms. The Balaban J connectivity index is 2.34. The summed E-state index contributed by atoms with van der Waals surface area (Å²) in [7, 11) is 0. The van der Waals surface area contributed by atoms with Gasteiger partial charge in [-0.05, 0) is 24.5 Å². The number of rotatable bonds is 7. The molecule has 1 aromatic rings. The maximum atomic E-state index is 10.6. The number of unbranched alkanes of at least 4 members (excludes halogenated alkanes) is 4. The molecule has 0 atom stereocenters. The molecule has 1 nitrogen and oxygen atoms in total. The zero-order valence-electron chi connectivity index (χ0n) is 9.99. The number of benzene rings is 1. The monoisotopic (exact) mass is 216 g/mol. The van der Waals surface area contributed by atoms with Crippen LogP contribution in [-0.4, -0.2) is 6.29 Å². The van der Waals surface area contributed by atoms with Crippen LogP contribution in [0.1, 0.15) is 54.9 Å². The van der Waals surface area contributed by atoms with Crippen LogP contribution in [0.15, 0.2) is 30.3 Å². The summed E-state index contributed by atoms with van der Waals surface area (Å²) in [5.74, 6) is 0. The molecule has 0 amide bonds. The molecule has 0 radical (unpaired) electrons. The van der Waals surface area contributed by atoms with E-state index >= 15 is 0 Å². The fraction of sp³-hybridized carbons (Fsp3) is 0.400. The summed E-state index contributed by atoms with van der Waals surface area (Å²) in [4.78, 5) is 10.6. The zero-order valence-corrected chi connectivity index (χ0v) is 9.99. The normalized spacial score (nSPS) is 10.8. The van der Waals surface area contributed by atoms with Crippen LogP contribution in [0, 0.1) is 0 Å². The van der Waals surface area contributed by atoms with Crippen molar-refractivity contribution in [3.05, 3.63) is 41.5 Å². The standard InChI is InChI=1S/C15H20O/c1-2-3-4-5-6-7-9-14-10-8-11-15(12-14)13-16/h7-13H,2-6H2,1H3. The summed E-state index contributed by atoms with van der Waals surface area (Å²) in [5, 5.41) is 0. The number of carbonyl (C=O) groups is 1. The molecule has 0 aliphatic carbocycles. The van der Waals surface area contributed by atoms with E-state index in [2.05, 4.69) is 19.1 Å². The average molecular weight is 216 g/mol. The van der Waals surface area contributed by atoms with Gasteiger partial charge in [-0.2, -0.15) is 0 Å². The Bertz CT molecular complexity index is 339. The molecule has 1 rings (SSSR count). The Labute approximate surface area is 98.2 Å². The Morgan fingerprint density at radius 1 is 1.12 bits per heavy atom. The van der Waals surface area contributed by atoms with Crippen LogP contribution in [0.5, 0.6) is 0 Å². The molecule has 0 N–H and O–H groups in total. The first-order chi connectivity index (χ1) is 7.86. The molecule has 0 spiro atoms. The Hall–Kier alpha value is -1.37. The lowest BCUT2D eigenvalue weighted by Gasteiger charge is -1.96. The van der Waals surface area contributed by atoms with Gasteiger partial charge in [-0.15, -0.1) is 0 Å². The van der Waals surface area contributed by atoms with E-state index in [0.29, 0.717) is 0 Å². The highest BCUT2D eigenvalue weighted by atomic mass is 16.1. The van der Waals surface area contributed by atoms with Crippen molar-refractivity contribution < 1.29 is 4.79 Å². The molecule has 1 heteroatoms. The first-order valence-corrected chi connectivity index (χ1v) is 6.08. The second kappa shape index (κ2) is 7.86. The van der Waals surface area contributed by atoms with Crippen LogP contribution in [0.3, 0.4) is 0 Å². The van der Waals surface area contributed by atoms with Crippen molar-refractivity contribution in [3.8, 4) is 0 Å². The molecule has 16 heavy (non-hydrogen) atoms. The van der Waals surface area contributed by atoms with Gasteiger partial charge in [0.2, 0.25) is 0 Å². The van der Waals surface area contributed by atoms with Crippen molar-refractivity contribution in [2.24, 2.45) is 0 Å². The van der Waals surface area contributed by atoms with E-state index in [1.54, 1.807) is 0 Å². The molecule has 0 aromatic heterocycles. The van der Waals surface area contributed by atoms with Crippen molar-refractivity contribution in [2.45, 2.75) is 39.0 Å². The largest absolute Gasteiger partial charge is 0.298 e. The second-order valence-electron chi connectivity index (χ2n) is 4.04. The summed E-state index contributed by atoms with van der Waals surface area (Å²) in [6.07, 6.45) is 11.5. The predicted molar refractivity (Wildman–Crippen MR) is 69.6 cm³/mol. The van der Waals surface area contributed by atoms with Crippen LogP contribution in [-0.2, 0) is 0 Å². The summed E-state index contributed by atoms with van der Waals surface area (Å²) in [6.45, 7) is 2.22. The summed E-state index contributed by atoms with van der Waals surface area (Å²) in [5.41, 5.74) is 1.85. The smallest absolute Gasteiger partial charge is 0.150 e. The van der Waals surface area contributed by atoms with E-state index < -0.39 is 0 Å². The third kappa shape index (κ3) is 4.92. The van der Waals surface area contributed by atoms with Gasteiger partial charge in [0.25, 0.3) is 0 Å². The SMILES string of the molecule is CCCCCCC=Cc1cccc(C=O)c1. The lowest BCUT2D eigenvalue weighted by molar-refractivity contribution is 0.112. The summed E-state index contributed by atoms with van der Waals surface area (Å²) < 4.78 is 0. The lowest BCUT2D eigenvalue weighted by atomic mass is 10.1. The van der Waals surface area contributed by atoms with Crippen molar-refractivity contribution in [3.63, 3.8) is 0 Å². The summed E-state index contributed by atoms with van der Waals surface area (Å²) in [6, 6.07) is 7.68. The highest BCUT2D eigenvalue weighted by molar-refractivity contribution is 5.76. The van der Waals surface area contributed by atoms with Gasteiger partial charge >= 0.3 is 0 Å². The van der Waals surface area contributed by atoms with Gasteiger partial charge < -0.3 is 0 Å². The number of aldehydes is 1. The van der Waals surface area contributed by atoms with Gasteiger partial charge in [0.15, 0.2) is 0 Å². The van der Waals surface area contributed by atoms with Crippen LogP contribution in [0.2, 0.25) is 0 Å². The van der Waals surface area contributed by atoms with Crippen LogP contribution in [0.4, 0.5) is 0 Å². The first kappa shape index (κ1) is 12.7. The second-order valence-corrected chi connectivity index (χ2v) is 4.04. The molecule has 0 unspecified atom stereocenters. The predicted octanol–water partition coefficient (Wildman–Crippen LogP) is 4.48. The van der Waals surface area contributed by atoms with Crippen LogP contribution >= 0.6 is 0 Å². The highest BCUT2D eigenvalue weighted by Gasteiger charge is 1.90. The maximum absolute atomic E-state index is 10.6. The molecule has 0 heterocycles. The summed E-state index contributed by atoms with van der Waals surface area (Å²) >= 11 is 0. The van der Waals surface area contributed by atoms with Crippen LogP contribution < -0.4 is 0 Å². The maximum Gasteiger partial charge on any atom is 0.150 e. The minimum absolute atomic E-state index is 0.744. The highest BCUT2D eigenvalue weighted by Crippen LogP contribution is 2.08. The van der Waals surface area contributed by atoms with Gasteiger partial charge in [0, 0.05) is 5.56 Å². The van der Waals surface area contributed by atoms with E-state index in [0.717, 1.165) is 23.8 Å². The van der Waals surface area contributed by atoms with E-state index in [-0.39, 0.29) is 0 Å². The number of hydrogen-bond donors (Lipinski definition) is 0. The van der Waals surface area contributed by atoms with Crippen molar-refractivity contribution >= 4 is 12.4 Å². The van der Waals surface area contributed by atoms with E-state index in [9.17, 15) is 4.79 Å². The lowest BCUT2D eigenvalue weighted by Crippen LogP contribution is -1.80. The van der Waals surface area contributed by atoms with Crippen molar-refractivity contribution in [1.29, 1.82) is 0 Å². The zero-order chi connectivity index (χ0) is 11.6. The van der Waals surface area contributed by atoms with E-state index in [4.69, 9.17) is 0 Å². The van der Waals surface area contributed by atoms with Crippen molar-refractivity contribution in [1.82, 2.24) is 0 Å². The minimum atomic E-state index is 0.744.